The van der Waals surface area contributed by atoms with Crippen molar-refractivity contribution in [2.24, 2.45) is 0 Å². The first-order chi connectivity index (χ1) is 21.4. The monoisotopic (exact) mass is 640 g/mol. The van der Waals surface area contributed by atoms with E-state index in [9.17, 15) is 0 Å². The second-order valence-corrected chi connectivity index (χ2v) is 19.4. The molecule has 1 aromatic carbocycles. The molecule has 3 aliphatic rings. The summed E-state index contributed by atoms with van der Waals surface area (Å²) in [6.45, 7) is 14.0. The van der Waals surface area contributed by atoms with E-state index < -0.39 is 31.6 Å². The summed E-state index contributed by atoms with van der Waals surface area (Å²) in [5.41, 5.74) is 2.21. The van der Waals surface area contributed by atoms with Crippen LogP contribution in [-0.4, -0.2) is 69.4 Å². The zero-order chi connectivity index (χ0) is 32.6. The minimum atomic E-state index is -2.58. The molecular formula is C36H47F3N2O3Si. The number of aromatic nitrogens is 1. The van der Waals surface area contributed by atoms with Crippen LogP contribution in [0.4, 0.5) is 13.2 Å². The number of hydrogen-bond acceptors (Lipinski definition) is 5. The van der Waals surface area contributed by atoms with Gasteiger partial charge in [-0.05, 0) is 65.0 Å². The van der Waals surface area contributed by atoms with Crippen LogP contribution in [0, 0.1) is 11.5 Å². The second kappa shape index (κ2) is 13.1. The third-order valence-corrected chi connectivity index (χ3v) is 16.8. The van der Waals surface area contributed by atoms with Gasteiger partial charge in [-0.15, -0.1) is 5.54 Å². The molecule has 0 saturated carbocycles. The van der Waals surface area contributed by atoms with E-state index in [1.807, 2.05) is 6.07 Å². The molecule has 2 aromatic rings. The van der Waals surface area contributed by atoms with Gasteiger partial charge in [0.05, 0.1) is 5.54 Å². The lowest BCUT2D eigenvalue weighted by atomic mass is 9.71. The molecule has 0 bridgehead atoms. The van der Waals surface area contributed by atoms with Crippen molar-refractivity contribution in [3.8, 4) is 23.1 Å². The van der Waals surface area contributed by atoms with Crippen LogP contribution in [0.2, 0.25) is 16.6 Å². The summed E-state index contributed by atoms with van der Waals surface area (Å²) >= 11 is 0. The molecule has 0 amide bonds. The maximum absolute atomic E-state index is 17.8. The summed E-state index contributed by atoms with van der Waals surface area (Å²) in [6, 6.07) is 8.93. The van der Waals surface area contributed by atoms with Crippen molar-refractivity contribution in [2.45, 2.75) is 100 Å². The molecule has 1 aliphatic carbocycles. The number of benzene rings is 1. The summed E-state index contributed by atoms with van der Waals surface area (Å²) in [5, 5.41) is 0. The number of ether oxygens (including phenoxy) is 3. The molecule has 5 nitrogen and oxygen atoms in total. The third-order valence-electron chi connectivity index (χ3n) is 10.5. The number of nitrogens with zero attached hydrogens (tertiary/aromatic N) is 2. The molecule has 244 valence electrons. The summed E-state index contributed by atoms with van der Waals surface area (Å²) in [4.78, 5) is 6.42. The fourth-order valence-electron chi connectivity index (χ4n) is 8.47. The molecule has 0 spiro atoms. The second-order valence-electron chi connectivity index (χ2n) is 13.8. The van der Waals surface area contributed by atoms with Gasteiger partial charge in [-0.1, -0.05) is 59.6 Å². The van der Waals surface area contributed by atoms with Gasteiger partial charge in [0, 0.05) is 43.8 Å². The highest BCUT2D eigenvalue weighted by atomic mass is 28.3. The van der Waals surface area contributed by atoms with Gasteiger partial charge in [-0.3, -0.25) is 4.90 Å². The molecule has 2 aliphatic heterocycles. The topological polar surface area (TPSA) is 43.8 Å². The van der Waals surface area contributed by atoms with Gasteiger partial charge in [-0.25, -0.2) is 18.2 Å². The maximum atomic E-state index is 17.8. The number of methoxy groups -OCH3 is 1. The van der Waals surface area contributed by atoms with Gasteiger partial charge in [0.15, 0.2) is 13.0 Å². The van der Waals surface area contributed by atoms with E-state index in [-0.39, 0.29) is 54.5 Å². The number of hydrogen-bond donors (Lipinski definition) is 0. The lowest BCUT2D eigenvalue weighted by Crippen LogP contribution is -2.48. The Morgan fingerprint density at radius 3 is 2.44 bits per heavy atom. The van der Waals surface area contributed by atoms with Gasteiger partial charge in [0.1, 0.15) is 26.6 Å². The van der Waals surface area contributed by atoms with Crippen LogP contribution in [0.25, 0.3) is 6.08 Å². The molecule has 3 heterocycles. The van der Waals surface area contributed by atoms with Crippen LogP contribution in [0.3, 0.4) is 0 Å². The Labute approximate surface area is 267 Å². The fraction of sp³-hybridized carbons (Fsp3) is 0.583. The van der Waals surface area contributed by atoms with Crippen LogP contribution in [0.1, 0.15) is 77.0 Å². The largest absolute Gasteiger partial charge is 0.476 e. The minimum absolute atomic E-state index is 0.00316. The van der Waals surface area contributed by atoms with Crippen LogP contribution < -0.4 is 9.47 Å². The number of pyridine rings is 1. The number of fused-ring (bicyclic) bond motifs is 2. The Balaban J connectivity index is 1.69. The molecular weight excluding hydrogens is 593 g/mol. The van der Waals surface area contributed by atoms with Gasteiger partial charge >= 0.3 is 0 Å². The van der Waals surface area contributed by atoms with E-state index >= 15 is 13.2 Å². The molecule has 0 radical (unpaired) electrons. The smallest absolute Gasteiger partial charge is 0.230 e. The highest BCUT2D eigenvalue weighted by Crippen LogP contribution is 2.54. The van der Waals surface area contributed by atoms with Crippen LogP contribution in [0.5, 0.6) is 11.6 Å². The van der Waals surface area contributed by atoms with Crippen LogP contribution in [0.15, 0.2) is 42.6 Å². The highest BCUT2D eigenvalue weighted by molar-refractivity contribution is 6.90. The first kappa shape index (κ1) is 33.6. The number of halogens is 3. The Morgan fingerprint density at radius 2 is 1.80 bits per heavy atom. The van der Waals surface area contributed by atoms with Crippen molar-refractivity contribution in [2.75, 3.05) is 33.6 Å². The molecule has 45 heavy (non-hydrogen) atoms. The van der Waals surface area contributed by atoms with E-state index in [2.05, 4.69) is 62.9 Å². The molecule has 2 fully saturated rings. The van der Waals surface area contributed by atoms with Crippen molar-refractivity contribution in [3.63, 3.8) is 0 Å². The standard InChI is InChI=1S/C36H47F3N2O3Si/c1-24(2)45(25(3)4,26(5)6)17-14-36(39)32(38)12-11-27-18-29(44-23-42-7)19-30(34(27)36)31-13-16-41-21-28(37)20-35(31,41)22-43-33-10-8-9-15-40-33/h8-12,15,18-19,24-26,28,31-32H,13,16,20-23H2,1-7H3/t28-,31?,32?,35-,36?/m1/s1. The number of rotatable bonds is 10. The molecule has 5 atom stereocenters. The average Bonchev–Trinajstić information content (AvgIpc) is 3.50. The van der Waals surface area contributed by atoms with E-state index in [0.717, 1.165) is 0 Å². The molecule has 3 unspecified atom stereocenters. The SMILES string of the molecule is COCOc1cc2c(c(C3CCN4C[C@H](F)C[C@@]34COc3ccccn3)c1)C(F)(C#C[Si](C(C)C)(C(C)C)C(C)C)C(F)C=C2. The Bertz CT molecular complexity index is 1420. The normalized spacial score (nSPS) is 27.9. The van der Waals surface area contributed by atoms with E-state index in [1.165, 1.54) is 13.2 Å². The van der Waals surface area contributed by atoms with Crippen molar-refractivity contribution < 1.29 is 27.4 Å². The maximum Gasteiger partial charge on any atom is 0.230 e. The Morgan fingerprint density at radius 1 is 1.07 bits per heavy atom. The highest BCUT2D eigenvalue weighted by Gasteiger charge is 2.58. The van der Waals surface area contributed by atoms with Gasteiger partial charge in [0.2, 0.25) is 11.5 Å². The van der Waals surface area contributed by atoms with Crippen molar-refractivity contribution in [1.29, 1.82) is 0 Å². The van der Waals surface area contributed by atoms with Crippen molar-refractivity contribution >= 4 is 14.1 Å². The third kappa shape index (κ3) is 5.94. The molecule has 2 saturated heterocycles. The quantitative estimate of drug-likeness (QED) is 0.149. The van der Waals surface area contributed by atoms with Gasteiger partial charge in [0.25, 0.3) is 0 Å². The van der Waals surface area contributed by atoms with E-state index in [4.69, 9.17) is 14.2 Å². The molecule has 1 aromatic heterocycles. The van der Waals surface area contributed by atoms with Gasteiger partial charge < -0.3 is 14.2 Å². The first-order valence-corrected chi connectivity index (χ1v) is 18.4. The summed E-state index contributed by atoms with van der Waals surface area (Å²) in [5.74, 6) is 3.53. The molecule has 9 heteroatoms. The van der Waals surface area contributed by atoms with E-state index in [0.29, 0.717) is 35.7 Å². The average molecular weight is 641 g/mol. The zero-order valence-corrected chi connectivity index (χ0v) is 28.6. The minimum Gasteiger partial charge on any atom is -0.476 e. The Hall–Kier alpha value is -2.80. The fourth-order valence-corrected chi connectivity index (χ4v) is 13.7. The molecule has 0 N–H and O–H groups in total. The van der Waals surface area contributed by atoms with Crippen LogP contribution in [-0.2, 0) is 10.4 Å². The predicted molar refractivity (Wildman–Crippen MR) is 175 cm³/mol. The zero-order valence-electron chi connectivity index (χ0n) is 27.6. The van der Waals surface area contributed by atoms with E-state index in [1.54, 1.807) is 36.5 Å². The lowest BCUT2D eigenvalue weighted by Gasteiger charge is -2.40. The number of alkyl halides is 3. The predicted octanol–water partition coefficient (Wildman–Crippen LogP) is 8.16. The van der Waals surface area contributed by atoms with Crippen molar-refractivity contribution in [3.05, 3.63) is 59.3 Å². The lowest BCUT2D eigenvalue weighted by molar-refractivity contribution is 0.0507. The first-order valence-electron chi connectivity index (χ1n) is 16.2. The Kier molecular flexibility index (Phi) is 9.79. The summed E-state index contributed by atoms with van der Waals surface area (Å²) in [6.07, 6.45) is 2.35. The van der Waals surface area contributed by atoms with Crippen LogP contribution >= 0.6 is 0 Å². The summed E-state index contributed by atoms with van der Waals surface area (Å²) in [7, 11) is -0.870. The van der Waals surface area contributed by atoms with Crippen molar-refractivity contribution in [1.82, 2.24) is 9.88 Å². The number of allylic oxidation sites excluding steroid dienone is 1. The van der Waals surface area contributed by atoms with Gasteiger partial charge in [-0.2, -0.15) is 0 Å². The summed E-state index contributed by atoms with van der Waals surface area (Å²) < 4.78 is 66.5. The molecule has 5 rings (SSSR count).